The first-order chi connectivity index (χ1) is 12.0. The summed E-state index contributed by atoms with van der Waals surface area (Å²) in [5, 5.41) is 5.80. The summed E-state index contributed by atoms with van der Waals surface area (Å²) in [6, 6.07) is 7.91. The molecule has 1 N–H and O–H groups in total. The van der Waals surface area contributed by atoms with E-state index in [2.05, 4.69) is 22.1 Å². The summed E-state index contributed by atoms with van der Waals surface area (Å²) in [6.07, 6.45) is 2.39. The quantitative estimate of drug-likeness (QED) is 0.831. The molecular formula is C16H21N5O3S. The Morgan fingerprint density at radius 3 is 2.44 bits per heavy atom. The highest BCUT2D eigenvalue weighted by molar-refractivity contribution is 7.88. The van der Waals surface area contributed by atoms with Gasteiger partial charge in [-0.05, 0) is 17.5 Å². The summed E-state index contributed by atoms with van der Waals surface area (Å²) in [5.41, 5.74) is 2.20. The number of H-pyrrole nitrogens is 1. The summed E-state index contributed by atoms with van der Waals surface area (Å²) in [7, 11) is -3.67. The minimum atomic E-state index is -3.67. The molecule has 1 aliphatic heterocycles. The van der Waals surface area contributed by atoms with Gasteiger partial charge in [-0.2, -0.15) is 9.40 Å². The third kappa shape index (κ3) is 3.72. The Morgan fingerprint density at radius 2 is 1.84 bits per heavy atom. The first kappa shape index (κ1) is 17.6. The largest absolute Gasteiger partial charge is 0.340 e. The van der Waals surface area contributed by atoms with E-state index in [-0.39, 0.29) is 24.2 Å². The molecular weight excluding hydrogens is 342 g/mol. The molecule has 1 saturated heterocycles. The number of aromatic nitrogens is 3. The number of benzene rings is 1. The van der Waals surface area contributed by atoms with Crippen molar-refractivity contribution in [1.29, 1.82) is 0 Å². The number of carbonyl (C=O) groups is 1. The maximum atomic E-state index is 12.6. The van der Waals surface area contributed by atoms with Gasteiger partial charge in [-0.15, -0.1) is 0 Å². The molecule has 0 atom stereocenters. The van der Waals surface area contributed by atoms with E-state index in [9.17, 15) is 13.2 Å². The van der Waals surface area contributed by atoms with Crippen LogP contribution in [0.4, 0.5) is 0 Å². The van der Waals surface area contributed by atoms with Crippen LogP contribution in [0.25, 0.3) is 0 Å². The predicted molar refractivity (Wildman–Crippen MR) is 91.2 cm³/mol. The van der Waals surface area contributed by atoms with Crippen molar-refractivity contribution in [1.82, 2.24) is 24.4 Å². The van der Waals surface area contributed by atoms with Crippen LogP contribution in [0.2, 0.25) is 0 Å². The zero-order valence-corrected chi connectivity index (χ0v) is 14.9. The fourth-order valence-electron chi connectivity index (χ4n) is 2.97. The highest BCUT2D eigenvalue weighted by Gasteiger charge is 2.31. The number of carbonyl (C=O) groups excluding carboxylic acids is 1. The molecule has 9 heteroatoms. The number of amides is 1. The number of piperazine rings is 1. The minimum absolute atomic E-state index is 0.0256. The Hall–Kier alpha value is -2.26. The fraction of sp³-hybridized carbons (Fsp3) is 0.438. The van der Waals surface area contributed by atoms with Crippen molar-refractivity contribution in [2.75, 3.05) is 26.2 Å². The van der Waals surface area contributed by atoms with Crippen LogP contribution in [-0.4, -0.2) is 64.9 Å². The molecule has 0 unspecified atom stereocenters. The third-order valence-corrected chi connectivity index (χ3v) is 6.14. The lowest BCUT2D eigenvalue weighted by Gasteiger charge is -2.33. The van der Waals surface area contributed by atoms with Gasteiger partial charge in [0.1, 0.15) is 6.33 Å². The van der Waals surface area contributed by atoms with Crippen molar-refractivity contribution in [3.8, 4) is 0 Å². The van der Waals surface area contributed by atoms with Gasteiger partial charge in [0.25, 0.3) is 15.2 Å². The van der Waals surface area contributed by atoms with E-state index in [4.69, 9.17) is 0 Å². The second-order valence-electron chi connectivity index (χ2n) is 5.87. The summed E-state index contributed by atoms with van der Waals surface area (Å²) in [5.74, 6) is 0.0256. The highest BCUT2D eigenvalue weighted by Crippen LogP contribution is 2.16. The van der Waals surface area contributed by atoms with Gasteiger partial charge >= 0.3 is 0 Å². The van der Waals surface area contributed by atoms with E-state index in [1.807, 2.05) is 24.3 Å². The van der Waals surface area contributed by atoms with E-state index in [1.165, 1.54) is 9.87 Å². The van der Waals surface area contributed by atoms with E-state index >= 15 is 0 Å². The number of hydrogen-bond donors (Lipinski definition) is 1. The van der Waals surface area contributed by atoms with Crippen LogP contribution in [0.3, 0.4) is 0 Å². The molecule has 25 heavy (non-hydrogen) atoms. The second-order valence-corrected chi connectivity index (χ2v) is 7.73. The lowest BCUT2D eigenvalue weighted by molar-refractivity contribution is -0.131. The van der Waals surface area contributed by atoms with Crippen LogP contribution in [0.15, 0.2) is 35.7 Å². The van der Waals surface area contributed by atoms with E-state index in [0.29, 0.717) is 19.5 Å². The number of nitrogens with zero attached hydrogens (tertiary/aromatic N) is 4. The van der Waals surface area contributed by atoms with Crippen LogP contribution >= 0.6 is 0 Å². The second kappa shape index (κ2) is 7.32. The SMILES string of the molecule is CCc1ccccc1CC(=O)N1CCN(S(=O)(=O)c2ncn[nH]2)CC1. The molecule has 0 saturated carbocycles. The fourth-order valence-corrected chi connectivity index (χ4v) is 4.21. The minimum Gasteiger partial charge on any atom is -0.340 e. The van der Waals surface area contributed by atoms with Crippen molar-refractivity contribution in [2.45, 2.75) is 24.9 Å². The smallest absolute Gasteiger partial charge is 0.278 e. The third-order valence-electron chi connectivity index (χ3n) is 4.41. The van der Waals surface area contributed by atoms with Crippen molar-refractivity contribution < 1.29 is 13.2 Å². The Bertz CT molecular complexity index is 827. The molecule has 1 aliphatic rings. The summed E-state index contributed by atoms with van der Waals surface area (Å²) < 4.78 is 26.1. The molecule has 1 fully saturated rings. The number of hydrogen-bond acceptors (Lipinski definition) is 5. The van der Waals surface area contributed by atoms with Crippen LogP contribution in [0.1, 0.15) is 18.1 Å². The molecule has 2 aromatic rings. The molecule has 0 spiro atoms. The number of aromatic amines is 1. The molecule has 1 amide bonds. The van der Waals surface area contributed by atoms with Crippen molar-refractivity contribution >= 4 is 15.9 Å². The number of aryl methyl sites for hydroxylation is 1. The predicted octanol–water partition coefficient (Wildman–Crippen LogP) is 0.443. The van der Waals surface area contributed by atoms with Gasteiger partial charge in [-0.3, -0.25) is 4.79 Å². The van der Waals surface area contributed by atoms with Gasteiger partial charge in [0.05, 0.1) is 6.42 Å². The van der Waals surface area contributed by atoms with Crippen LogP contribution < -0.4 is 0 Å². The Labute approximate surface area is 146 Å². The van der Waals surface area contributed by atoms with E-state index < -0.39 is 10.0 Å². The van der Waals surface area contributed by atoms with Gasteiger partial charge < -0.3 is 4.90 Å². The lowest BCUT2D eigenvalue weighted by atomic mass is 10.0. The topological polar surface area (TPSA) is 99.3 Å². The van der Waals surface area contributed by atoms with Gasteiger partial charge in [0.2, 0.25) is 5.91 Å². The molecule has 0 radical (unpaired) electrons. The molecule has 0 bridgehead atoms. The van der Waals surface area contributed by atoms with Crippen LogP contribution in [0.5, 0.6) is 0 Å². The highest BCUT2D eigenvalue weighted by atomic mass is 32.2. The zero-order valence-electron chi connectivity index (χ0n) is 14.1. The normalized spacial score (nSPS) is 16.1. The maximum absolute atomic E-state index is 12.6. The summed E-state index contributed by atoms with van der Waals surface area (Å²) in [6.45, 7) is 3.33. The van der Waals surface area contributed by atoms with Crippen molar-refractivity contribution in [3.05, 3.63) is 41.7 Å². The standard InChI is InChI=1S/C16H21N5O3S/c1-2-13-5-3-4-6-14(13)11-15(22)20-7-9-21(10-8-20)25(23,24)16-17-12-18-19-16/h3-6,12H,2,7-11H2,1H3,(H,17,18,19). The molecule has 1 aromatic carbocycles. The Morgan fingerprint density at radius 1 is 1.16 bits per heavy atom. The Balaban J connectivity index is 1.61. The van der Waals surface area contributed by atoms with Gasteiger partial charge in [-0.1, -0.05) is 31.2 Å². The first-order valence-electron chi connectivity index (χ1n) is 8.22. The van der Waals surface area contributed by atoms with Crippen molar-refractivity contribution in [3.63, 3.8) is 0 Å². The number of rotatable bonds is 5. The molecule has 0 aliphatic carbocycles. The molecule has 8 nitrogen and oxygen atoms in total. The monoisotopic (exact) mass is 363 g/mol. The maximum Gasteiger partial charge on any atom is 0.278 e. The van der Waals surface area contributed by atoms with Gasteiger partial charge in [0.15, 0.2) is 0 Å². The summed E-state index contributed by atoms with van der Waals surface area (Å²) >= 11 is 0. The van der Waals surface area contributed by atoms with Crippen LogP contribution in [-0.2, 0) is 27.7 Å². The van der Waals surface area contributed by atoms with Gasteiger partial charge in [-0.25, -0.2) is 18.5 Å². The molecule has 3 rings (SSSR count). The lowest BCUT2D eigenvalue weighted by Crippen LogP contribution is -2.51. The average molecular weight is 363 g/mol. The number of sulfonamides is 1. The molecule has 2 heterocycles. The number of nitrogens with one attached hydrogen (secondary N) is 1. The molecule has 134 valence electrons. The summed E-state index contributed by atoms with van der Waals surface area (Å²) in [4.78, 5) is 18.0. The van der Waals surface area contributed by atoms with E-state index in [0.717, 1.165) is 18.3 Å². The zero-order chi connectivity index (χ0) is 17.9. The Kier molecular flexibility index (Phi) is 5.14. The first-order valence-corrected chi connectivity index (χ1v) is 9.66. The van der Waals surface area contributed by atoms with Crippen LogP contribution in [0, 0.1) is 0 Å². The van der Waals surface area contributed by atoms with Crippen molar-refractivity contribution in [2.24, 2.45) is 0 Å². The average Bonchev–Trinajstić information content (AvgIpc) is 3.18. The van der Waals surface area contributed by atoms with E-state index in [1.54, 1.807) is 4.90 Å². The molecule has 1 aromatic heterocycles. The van der Waals surface area contributed by atoms with Gasteiger partial charge in [0, 0.05) is 26.2 Å².